The highest BCUT2D eigenvalue weighted by atomic mass is 79.9. The Morgan fingerprint density at radius 1 is 1.57 bits per heavy atom. The van der Waals surface area contributed by atoms with Crippen LogP contribution in [0.5, 0.6) is 0 Å². The summed E-state index contributed by atoms with van der Waals surface area (Å²) in [4.78, 5) is 0. The highest BCUT2D eigenvalue weighted by Crippen LogP contribution is 2.26. The Kier molecular flexibility index (Phi) is 6.14. The number of rotatable bonds is 2. The summed E-state index contributed by atoms with van der Waals surface area (Å²) in [6.45, 7) is 0. The SMILES string of the molecule is Cl.N#CC[C@@H](N)c1ccc(Cl)c(Br)c1. The van der Waals surface area contributed by atoms with Gasteiger partial charge in [0, 0.05) is 10.5 Å². The highest BCUT2D eigenvalue weighted by Gasteiger charge is 2.06. The smallest absolute Gasteiger partial charge is 0.0641 e. The Balaban J connectivity index is 0.00000169. The Morgan fingerprint density at radius 3 is 2.71 bits per heavy atom. The molecule has 2 nitrogen and oxygen atoms in total. The Labute approximate surface area is 103 Å². The van der Waals surface area contributed by atoms with Crippen LogP contribution < -0.4 is 5.73 Å². The van der Waals surface area contributed by atoms with E-state index in [1.165, 1.54) is 0 Å². The molecule has 1 atom stereocenters. The minimum Gasteiger partial charge on any atom is -0.323 e. The first kappa shape index (κ1) is 13.7. The van der Waals surface area contributed by atoms with Gasteiger partial charge < -0.3 is 5.73 Å². The van der Waals surface area contributed by atoms with Gasteiger partial charge >= 0.3 is 0 Å². The van der Waals surface area contributed by atoms with Crippen molar-refractivity contribution in [1.29, 1.82) is 5.26 Å². The van der Waals surface area contributed by atoms with Gasteiger partial charge in [-0.2, -0.15) is 5.26 Å². The fourth-order valence-corrected chi connectivity index (χ4v) is 1.47. The molecular formula is C9H9BrCl2N2. The zero-order chi connectivity index (χ0) is 9.84. The summed E-state index contributed by atoms with van der Waals surface area (Å²) in [6, 6.07) is 7.22. The van der Waals surface area contributed by atoms with Crippen molar-refractivity contribution in [3.05, 3.63) is 33.3 Å². The van der Waals surface area contributed by atoms with Crippen LogP contribution in [0.3, 0.4) is 0 Å². The molecule has 0 aliphatic heterocycles. The molecule has 0 saturated carbocycles. The van der Waals surface area contributed by atoms with Crippen LogP contribution in [0.1, 0.15) is 18.0 Å². The van der Waals surface area contributed by atoms with E-state index in [1.807, 2.05) is 18.2 Å². The van der Waals surface area contributed by atoms with E-state index in [4.69, 9.17) is 22.6 Å². The average Bonchev–Trinajstić information content (AvgIpc) is 2.10. The second-order valence-corrected chi connectivity index (χ2v) is 3.90. The maximum atomic E-state index is 8.45. The summed E-state index contributed by atoms with van der Waals surface area (Å²) in [7, 11) is 0. The number of halogens is 3. The molecule has 2 N–H and O–H groups in total. The number of nitrogens with zero attached hydrogens (tertiary/aromatic N) is 1. The molecule has 0 aliphatic rings. The number of nitrogens with two attached hydrogens (primary N) is 1. The van der Waals surface area contributed by atoms with E-state index in [2.05, 4.69) is 15.9 Å². The summed E-state index contributed by atoms with van der Waals surface area (Å²) >= 11 is 9.10. The number of nitriles is 1. The molecule has 76 valence electrons. The topological polar surface area (TPSA) is 49.8 Å². The van der Waals surface area contributed by atoms with Crippen LogP contribution >= 0.6 is 39.9 Å². The number of hydrogen-bond donors (Lipinski definition) is 1. The van der Waals surface area contributed by atoms with Crippen molar-refractivity contribution >= 4 is 39.9 Å². The Morgan fingerprint density at radius 2 is 2.21 bits per heavy atom. The van der Waals surface area contributed by atoms with Gasteiger partial charge in [-0.25, -0.2) is 0 Å². The first-order chi connectivity index (χ1) is 6.15. The van der Waals surface area contributed by atoms with Crippen molar-refractivity contribution < 1.29 is 0 Å². The van der Waals surface area contributed by atoms with Crippen molar-refractivity contribution in [2.45, 2.75) is 12.5 Å². The fraction of sp³-hybridized carbons (Fsp3) is 0.222. The molecule has 0 saturated heterocycles. The van der Waals surface area contributed by atoms with Crippen molar-refractivity contribution in [2.24, 2.45) is 5.73 Å². The van der Waals surface area contributed by atoms with Gasteiger partial charge in [0.05, 0.1) is 17.5 Å². The van der Waals surface area contributed by atoms with Gasteiger partial charge in [-0.1, -0.05) is 17.7 Å². The van der Waals surface area contributed by atoms with Crippen molar-refractivity contribution in [3.63, 3.8) is 0 Å². The lowest BCUT2D eigenvalue weighted by Gasteiger charge is -2.08. The van der Waals surface area contributed by atoms with E-state index >= 15 is 0 Å². The van der Waals surface area contributed by atoms with Crippen LogP contribution in [0, 0.1) is 11.3 Å². The van der Waals surface area contributed by atoms with Crippen molar-refractivity contribution in [2.75, 3.05) is 0 Å². The third-order valence-corrected chi connectivity index (χ3v) is 2.90. The van der Waals surface area contributed by atoms with E-state index in [9.17, 15) is 0 Å². The zero-order valence-corrected chi connectivity index (χ0v) is 10.4. The first-order valence-corrected chi connectivity index (χ1v) is 4.89. The normalized spacial score (nSPS) is 11.3. The van der Waals surface area contributed by atoms with Gasteiger partial charge in [-0.15, -0.1) is 12.4 Å². The molecule has 0 fully saturated rings. The molecule has 14 heavy (non-hydrogen) atoms. The predicted octanol–water partition coefficient (Wildman–Crippen LogP) is 3.44. The predicted molar refractivity (Wildman–Crippen MR) is 63.6 cm³/mol. The minimum absolute atomic E-state index is 0. The van der Waals surface area contributed by atoms with Crippen LogP contribution in [0.25, 0.3) is 0 Å². The van der Waals surface area contributed by atoms with Gasteiger partial charge in [0.25, 0.3) is 0 Å². The van der Waals surface area contributed by atoms with Gasteiger partial charge in [0.15, 0.2) is 0 Å². The van der Waals surface area contributed by atoms with Gasteiger partial charge in [0.2, 0.25) is 0 Å². The minimum atomic E-state index is -0.237. The first-order valence-electron chi connectivity index (χ1n) is 3.72. The maximum Gasteiger partial charge on any atom is 0.0641 e. The van der Waals surface area contributed by atoms with Crippen LogP contribution in [0.4, 0.5) is 0 Å². The summed E-state index contributed by atoms with van der Waals surface area (Å²) in [6.07, 6.45) is 0.314. The average molecular weight is 296 g/mol. The van der Waals surface area contributed by atoms with Crippen LogP contribution in [0.2, 0.25) is 5.02 Å². The standard InChI is InChI=1S/C9H8BrClN2.ClH/c10-7-5-6(1-2-8(7)11)9(13)3-4-12;/h1-2,5,9H,3,13H2;1H/t9-;/m1./s1. The zero-order valence-electron chi connectivity index (χ0n) is 7.21. The van der Waals surface area contributed by atoms with E-state index < -0.39 is 0 Å². The highest BCUT2D eigenvalue weighted by molar-refractivity contribution is 9.10. The lowest BCUT2D eigenvalue weighted by Crippen LogP contribution is -2.08. The van der Waals surface area contributed by atoms with Gasteiger partial charge in [0.1, 0.15) is 0 Å². The van der Waals surface area contributed by atoms with Crippen LogP contribution in [-0.4, -0.2) is 0 Å². The molecular weight excluding hydrogens is 287 g/mol. The van der Waals surface area contributed by atoms with E-state index in [0.717, 1.165) is 10.0 Å². The van der Waals surface area contributed by atoms with Gasteiger partial charge in [-0.05, 0) is 33.6 Å². The molecule has 1 aromatic rings. The molecule has 0 unspecified atom stereocenters. The number of benzene rings is 1. The quantitative estimate of drug-likeness (QED) is 0.908. The summed E-state index contributed by atoms with van der Waals surface area (Å²) in [5, 5.41) is 9.10. The summed E-state index contributed by atoms with van der Waals surface area (Å²) in [5.41, 5.74) is 6.65. The van der Waals surface area contributed by atoms with Crippen LogP contribution in [-0.2, 0) is 0 Å². The molecule has 0 heterocycles. The summed E-state index contributed by atoms with van der Waals surface area (Å²) in [5.74, 6) is 0. The van der Waals surface area contributed by atoms with Crippen molar-refractivity contribution in [1.82, 2.24) is 0 Å². The second-order valence-electron chi connectivity index (χ2n) is 2.64. The van der Waals surface area contributed by atoms with Crippen LogP contribution in [0.15, 0.2) is 22.7 Å². The second kappa shape index (κ2) is 6.26. The third kappa shape index (κ3) is 3.47. The lowest BCUT2D eigenvalue weighted by atomic mass is 10.1. The molecule has 0 amide bonds. The molecule has 0 aliphatic carbocycles. The fourth-order valence-electron chi connectivity index (χ4n) is 0.959. The molecule has 0 bridgehead atoms. The summed E-state index contributed by atoms with van der Waals surface area (Å²) < 4.78 is 0.806. The molecule has 0 spiro atoms. The van der Waals surface area contributed by atoms with E-state index in [0.29, 0.717) is 11.4 Å². The van der Waals surface area contributed by atoms with Gasteiger partial charge in [-0.3, -0.25) is 0 Å². The monoisotopic (exact) mass is 294 g/mol. The molecule has 1 aromatic carbocycles. The van der Waals surface area contributed by atoms with Crippen molar-refractivity contribution in [3.8, 4) is 6.07 Å². The lowest BCUT2D eigenvalue weighted by molar-refractivity contribution is 0.748. The molecule has 1 rings (SSSR count). The molecule has 0 aromatic heterocycles. The number of hydrogen-bond acceptors (Lipinski definition) is 2. The van der Waals surface area contributed by atoms with E-state index in [-0.39, 0.29) is 18.4 Å². The Hall–Kier alpha value is -0.270. The largest absolute Gasteiger partial charge is 0.323 e. The Bertz CT molecular complexity index is 349. The molecule has 5 heteroatoms. The van der Waals surface area contributed by atoms with E-state index in [1.54, 1.807) is 6.07 Å². The maximum absolute atomic E-state index is 8.45. The molecule has 0 radical (unpaired) electrons. The third-order valence-electron chi connectivity index (χ3n) is 1.68.